The van der Waals surface area contributed by atoms with Gasteiger partial charge >= 0.3 is 67.9 Å². The quantitative estimate of drug-likeness (QED) is 0.310. The standard InChI is InChI=1S/4CN.K.Ni.H2O/c4*1-2;;;/h;;;;;;1H2/q4*-1;+1;+3;. The fraction of sp³-hybridized carbons (Fsp3) is 0. The molecule has 0 fully saturated rings. The minimum absolute atomic E-state index is 0. The third-order valence-corrected chi connectivity index (χ3v) is 0. The van der Waals surface area contributed by atoms with Crippen LogP contribution in [-0.4, -0.2) is 5.48 Å². The zero-order valence-electron chi connectivity index (χ0n) is 5.61. The average molecular weight is 220 g/mol. The van der Waals surface area contributed by atoms with E-state index in [1.165, 1.54) is 0 Å². The van der Waals surface area contributed by atoms with Gasteiger partial charge in [0.05, 0.1) is 0 Å². The molecule has 0 spiro atoms. The van der Waals surface area contributed by atoms with Crippen molar-refractivity contribution in [3.8, 4) is 0 Å². The molecular formula is C4H2KN4NiO. The third kappa shape index (κ3) is 262000. The van der Waals surface area contributed by atoms with E-state index in [0.717, 1.165) is 0 Å². The number of hydrogen-bond acceptors (Lipinski definition) is 4. The van der Waals surface area contributed by atoms with Gasteiger partial charge in [-0.1, -0.05) is 0 Å². The van der Waals surface area contributed by atoms with Gasteiger partial charge in [0.25, 0.3) is 0 Å². The Hall–Kier alpha value is 0.0499. The summed E-state index contributed by atoms with van der Waals surface area (Å²) in [5.74, 6) is 0. The van der Waals surface area contributed by atoms with Crippen LogP contribution in [0.15, 0.2) is 0 Å². The average Bonchev–Trinajstić information content (AvgIpc) is 2.03. The zero-order valence-corrected chi connectivity index (χ0v) is 9.72. The van der Waals surface area contributed by atoms with Crippen LogP contribution in [0.1, 0.15) is 0 Å². The van der Waals surface area contributed by atoms with Gasteiger partial charge in [0, 0.05) is 0 Å². The maximum absolute atomic E-state index is 6.25. The molecule has 0 aliphatic carbocycles. The second-order valence-corrected chi connectivity index (χ2v) is 0. The Morgan fingerprint density at radius 1 is 0.545 bits per heavy atom. The maximum Gasteiger partial charge on any atom is 3.00 e. The summed E-state index contributed by atoms with van der Waals surface area (Å²) in [4.78, 5) is 0. The Morgan fingerprint density at radius 2 is 0.545 bits per heavy atom. The summed E-state index contributed by atoms with van der Waals surface area (Å²) < 4.78 is 0. The van der Waals surface area contributed by atoms with E-state index in [9.17, 15) is 0 Å². The Balaban J connectivity index is -0.00000000356. The fourth-order valence-electron chi connectivity index (χ4n) is 0. The van der Waals surface area contributed by atoms with E-state index < -0.39 is 0 Å². The summed E-state index contributed by atoms with van der Waals surface area (Å²) in [7, 11) is 0. The number of rotatable bonds is 0. The first-order valence-corrected chi connectivity index (χ1v) is 0.894. The van der Waals surface area contributed by atoms with Gasteiger partial charge in [0.1, 0.15) is 0 Å². The molecule has 2 N–H and O–H groups in total. The summed E-state index contributed by atoms with van der Waals surface area (Å²) in [6, 6.07) is 0. The zero-order chi connectivity index (χ0) is 8.00. The van der Waals surface area contributed by atoms with E-state index in [4.69, 9.17) is 47.3 Å². The SMILES string of the molecule is O.[C-]#N.[C-]#N.[C-]#N.[C-]#N.[K+].[Ni+3]. The fourth-order valence-corrected chi connectivity index (χ4v) is 0. The first-order valence-electron chi connectivity index (χ1n) is 0.894. The van der Waals surface area contributed by atoms with Crippen molar-refractivity contribution in [3.63, 3.8) is 0 Å². The van der Waals surface area contributed by atoms with Gasteiger partial charge in [-0.3, -0.25) is 0 Å². The molecule has 5 nitrogen and oxygen atoms in total. The van der Waals surface area contributed by atoms with E-state index in [-0.39, 0.29) is 73.4 Å². The van der Waals surface area contributed by atoms with Crippen molar-refractivity contribution >= 4 is 0 Å². The van der Waals surface area contributed by atoms with Crippen LogP contribution in [0.25, 0.3) is 0 Å². The van der Waals surface area contributed by atoms with Crippen molar-refractivity contribution in [2.75, 3.05) is 0 Å². The molecule has 0 aromatic rings. The summed E-state index contributed by atoms with van der Waals surface area (Å²) in [6.45, 7) is 19.0. The molecule has 0 aromatic heterocycles. The largest absolute Gasteiger partial charge is 3.00 e. The van der Waals surface area contributed by atoms with Gasteiger partial charge in [-0.05, 0) is 0 Å². The maximum atomic E-state index is 6.25. The molecule has 0 saturated heterocycles. The molecule has 11 heavy (non-hydrogen) atoms. The molecule has 0 saturated carbocycles. The van der Waals surface area contributed by atoms with Gasteiger partial charge in [-0.25, -0.2) is 0 Å². The van der Waals surface area contributed by atoms with Crippen LogP contribution in [0, 0.1) is 47.3 Å². The molecule has 0 amide bonds. The van der Waals surface area contributed by atoms with E-state index >= 15 is 0 Å². The van der Waals surface area contributed by atoms with Crippen LogP contribution in [0.3, 0.4) is 0 Å². The monoisotopic (exact) mass is 219 g/mol. The van der Waals surface area contributed by atoms with Crippen LogP contribution in [0.4, 0.5) is 0 Å². The molecule has 0 aliphatic heterocycles. The molecule has 0 aromatic carbocycles. The third-order valence-electron chi connectivity index (χ3n) is 0. The number of nitrogens with zero attached hydrogens (tertiary/aromatic N) is 4. The Labute approximate surface area is 119 Å². The van der Waals surface area contributed by atoms with Gasteiger partial charge in [-0.2, -0.15) is 0 Å². The normalized spacial score (nSPS) is 0.727. The van der Waals surface area contributed by atoms with Crippen LogP contribution in [0.5, 0.6) is 0 Å². The molecule has 0 unspecified atom stereocenters. The summed E-state index contributed by atoms with van der Waals surface area (Å²) in [6.07, 6.45) is 0. The molecule has 0 aliphatic rings. The van der Waals surface area contributed by atoms with Gasteiger partial charge in [-0.15, -0.1) is 0 Å². The van der Waals surface area contributed by atoms with E-state index in [1.54, 1.807) is 0 Å². The van der Waals surface area contributed by atoms with Crippen molar-refractivity contribution in [2.24, 2.45) is 0 Å². The first kappa shape index (κ1) is 68.0. The summed E-state index contributed by atoms with van der Waals surface area (Å²) >= 11 is 0. The minimum atomic E-state index is 0. The van der Waals surface area contributed by atoms with E-state index in [2.05, 4.69) is 0 Å². The minimum Gasteiger partial charge on any atom is -0.512 e. The Bertz CT molecular complexity index is 65.1. The Morgan fingerprint density at radius 3 is 0.545 bits per heavy atom. The molecule has 0 atom stereocenters. The molecular weight excluding hydrogens is 218 g/mol. The van der Waals surface area contributed by atoms with Crippen LogP contribution in [0.2, 0.25) is 0 Å². The molecule has 0 rings (SSSR count). The molecule has 1 radical (unpaired) electrons. The van der Waals surface area contributed by atoms with Gasteiger partial charge in [0.15, 0.2) is 0 Å². The first-order chi connectivity index (χ1) is 4.00. The molecule has 7 heteroatoms. The van der Waals surface area contributed by atoms with Crippen molar-refractivity contribution in [1.29, 1.82) is 21.0 Å². The van der Waals surface area contributed by atoms with Crippen LogP contribution >= 0.6 is 0 Å². The summed E-state index contributed by atoms with van der Waals surface area (Å²) in [5, 5.41) is 25.0. The van der Waals surface area contributed by atoms with Crippen molar-refractivity contribution < 1.29 is 73.4 Å². The van der Waals surface area contributed by atoms with Crippen molar-refractivity contribution in [1.82, 2.24) is 0 Å². The predicted octanol–water partition coefficient (Wildman–Crippen LogP) is -3.44. The Kier molecular flexibility index (Phi) is 2050000. The topological polar surface area (TPSA) is 127 Å². The molecule has 0 bridgehead atoms. The van der Waals surface area contributed by atoms with Crippen molar-refractivity contribution in [3.05, 3.63) is 26.3 Å². The second-order valence-electron chi connectivity index (χ2n) is 0. The smallest absolute Gasteiger partial charge is 0.512 e. The van der Waals surface area contributed by atoms with E-state index in [0.29, 0.717) is 0 Å². The van der Waals surface area contributed by atoms with Crippen LogP contribution in [-0.2, 0) is 16.5 Å². The molecule has 55 valence electrons. The van der Waals surface area contributed by atoms with Crippen LogP contribution < -0.4 is 51.4 Å². The molecule has 0 heterocycles. The second kappa shape index (κ2) is 331000. The summed E-state index contributed by atoms with van der Waals surface area (Å²) in [5.41, 5.74) is 0. The number of hydrogen-bond donors (Lipinski definition) is 0. The predicted molar refractivity (Wildman–Crippen MR) is 23.5 cm³/mol. The van der Waals surface area contributed by atoms with Crippen molar-refractivity contribution in [2.45, 2.75) is 0 Å². The van der Waals surface area contributed by atoms with E-state index in [1.807, 2.05) is 0 Å². The van der Waals surface area contributed by atoms with Gasteiger partial charge in [0.2, 0.25) is 0 Å². The van der Waals surface area contributed by atoms with Gasteiger partial charge < -0.3 is 52.8 Å².